The smallest absolute Gasteiger partial charge is 0.177 e. The lowest BCUT2D eigenvalue weighted by molar-refractivity contribution is 0.111. The number of carbonyl (C=O) groups excluding carboxylic acids is 1. The van der Waals surface area contributed by atoms with Gasteiger partial charge in [-0.1, -0.05) is 41.9 Å². The standard InChI is InChI=1S/C31H29Cl2NO6S/c1-21-24(7-4-9-28(21)23-6-3-8-26(13-23)38-11-5-10-32)20-40-31-15-30(25(18-35)14-29(31)33)39-19-22-12-27(17-34-16-22)41(2,36)37/h3-4,6-9,12-18H,5,10-11,19-20H2,1-2H3. The second-order valence-electron chi connectivity index (χ2n) is 9.33. The van der Waals surface area contributed by atoms with Crippen LogP contribution in [0.25, 0.3) is 11.1 Å². The van der Waals surface area contributed by atoms with Crippen molar-refractivity contribution in [3.63, 3.8) is 0 Å². The summed E-state index contributed by atoms with van der Waals surface area (Å²) in [6, 6.07) is 18.4. The minimum atomic E-state index is -3.42. The lowest BCUT2D eigenvalue weighted by Gasteiger charge is -2.16. The molecule has 0 fully saturated rings. The Kier molecular flexibility index (Phi) is 10.3. The number of ether oxygens (including phenoxy) is 3. The molecule has 0 spiro atoms. The molecule has 1 aromatic heterocycles. The van der Waals surface area contributed by atoms with Gasteiger partial charge in [-0.05, 0) is 59.9 Å². The topological polar surface area (TPSA) is 91.8 Å². The number of hydrogen-bond acceptors (Lipinski definition) is 7. The van der Waals surface area contributed by atoms with E-state index in [0.29, 0.717) is 30.1 Å². The highest BCUT2D eigenvalue weighted by Gasteiger charge is 2.14. The predicted molar refractivity (Wildman–Crippen MR) is 160 cm³/mol. The van der Waals surface area contributed by atoms with Gasteiger partial charge in [0.2, 0.25) is 0 Å². The number of hydrogen-bond donors (Lipinski definition) is 0. The first-order valence-corrected chi connectivity index (χ1v) is 15.6. The van der Waals surface area contributed by atoms with E-state index in [2.05, 4.69) is 4.98 Å². The lowest BCUT2D eigenvalue weighted by Crippen LogP contribution is -2.04. The van der Waals surface area contributed by atoms with Crippen molar-refractivity contribution in [3.8, 4) is 28.4 Å². The van der Waals surface area contributed by atoms with Gasteiger partial charge in [0.25, 0.3) is 0 Å². The van der Waals surface area contributed by atoms with Crippen LogP contribution in [0.15, 0.2) is 78.0 Å². The predicted octanol–water partition coefficient (Wildman–Crippen LogP) is 7.09. The molecule has 0 saturated carbocycles. The van der Waals surface area contributed by atoms with Gasteiger partial charge >= 0.3 is 0 Å². The Morgan fingerprint density at radius 2 is 1.71 bits per heavy atom. The first-order chi connectivity index (χ1) is 19.7. The number of aromatic nitrogens is 1. The fraction of sp³-hybridized carbons (Fsp3) is 0.226. The van der Waals surface area contributed by atoms with Crippen LogP contribution in [0.5, 0.6) is 17.2 Å². The molecule has 0 aliphatic carbocycles. The van der Waals surface area contributed by atoms with Crippen LogP contribution in [-0.2, 0) is 23.1 Å². The first-order valence-electron chi connectivity index (χ1n) is 12.8. The van der Waals surface area contributed by atoms with E-state index in [1.54, 1.807) is 6.07 Å². The van der Waals surface area contributed by atoms with E-state index in [9.17, 15) is 13.2 Å². The molecule has 0 aliphatic rings. The molecule has 4 aromatic rings. The Hall–Kier alpha value is -3.59. The average Bonchev–Trinajstić information content (AvgIpc) is 2.96. The summed E-state index contributed by atoms with van der Waals surface area (Å²) in [5.74, 6) is 1.92. The number of rotatable bonds is 13. The Bertz CT molecular complexity index is 1640. The van der Waals surface area contributed by atoms with Crippen molar-refractivity contribution in [2.24, 2.45) is 0 Å². The number of halogens is 2. The summed E-state index contributed by atoms with van der Waals surface area (Å²) in [5.41, 5.74) is 4.83. The van der Waals surface area contributed by atoms with Crippen molar-refractivity contribution in [1.82, 2.24) is 4.98 Å². The Balaban J connectivity index is 1.51. The molecular weight excluding hydrogens is 585 g/mol. The van der Waals surface area contributed by atoms with E-state index in [-0.39, 0.29) is 34.4 Å². The van der Waals surface area contributed by atoms with Crippen LogP contribution >= 0.6 is 23.2 Å². The monoisotopic (exact) mass is 613 g/mol. The third kappa shape index (κ3) is 8.00. The Morgan fingerprint density at radius 1 is 0.927 bits per heavy atom. The van der Waals surface area contributed by atoms with Crippen molar-refractivity contribution in [2.45, 2.75) is 31.5 Å². The van der Waals surface area contributed by atoms with E-state index in [1.807, 2.05) is 49.4 Å². The van der Waals surface area contributed by atoms with Crippen molar-refractivity contribution in [1.29, 1.82) is 0 Å². The van der Waals surface area contributed by atoms with Crippen LogP contribution < -0.4 is 14.2 Å². The molecule has 4 rings (SSSR count). The molecule has 7 nitrogen and oxygen atoms in total. The number of alkyl halides is 1. The van der Waals surface area contributed by atoms with Crippen molar-refractivity contribution >= 4 is 39.3 Å². The number of nitrogens with zero attached hydrogens (tertiary/aromatic N) is 1. The number of sulfone groups is 1. The molecule has 0 N–H and O–H groups in total. The summed E-state index contributed by atoms with van der Waals surface area (Å²) >= 11 is 12.2. The zero-order valence-corrected chi connectivity index (χ0v) is 24.9. The van der Waals surface area contributed by atoms with Gasteiger partial charge in [-0.3, -0.25) is 9.78 Å². The van der Waals surface area contributed by atoms with Gasteiger partial charge in [0.1, 0.15) is 30.5 Å². The van der Waals surface area contributed by atoms with E-state index in [0.717, 1.165) is 40.7 Å². The zero-order valence-electron chi connectivity index (χ0n) is 22.6. The SMILES string of the molecule is Cc1c(COc2cc(OCc3cncc(S(C)(=O)=O)c3)c(C=O)cc2Cl)cccc1-c1cccc(OCCCCl)c1. The summed E-state index contributed by atoms with van der Waals surface area (Å²) in [4.78, 5) is 15.7. The third-order valence-electron chi connectivity index (χ3n) is 6.30. The van der Waals surface area contributed by atoms with Crippen LogP contribution in [0.3, 0.4) is 0 Å². The molecule has 0 amide bonds. The normalized spacial score (nSPS) is 11.2. The van der Waals surface area contributed by atoms with Crippen LogP contribution in [0.2, 0.25) is 5.02 Å². The van der Waals surface area contributed by atoms with Gasteiger partial charge in [-0.15, -0.1) is 11.6 Å². The highest BCUT2D eigenvalue weighted by molar-refractivity contribution is 7.90. The van der Waals surface area contributed by atoms with Crippen molar-refractivity contribution in [2.75, 3.05) is 18.7 Å². The van der Waals surface area contributed by atoms with E-state index in [4.69, 9.17) is 37.4 Å². The summed E-state index contributed by atoms with van der Waals surface area (Å²) in [5, 5.41) is 0.260. The molecule has 1 heterocycles. The fourth-order valence-electron chi connectivity index (χ4n) is 4.09. The maximum absolute atomic E-state index is 11.9. The zero-order chi connectivity index (χ0) is 29.4. The molecule has 0 atom stereocenters. The number of aldehydes is 1. The highest BCUT2D eigenvalue weighted by atomic mass is 35.5. The van der Waals surface area contributed by atoms with Gasteiger partial charge in [-0.2, -0.15) is 0 Å². The number of benzene rings is 3. The molecule has 41 heavy (non-hydrogen) atoms. The summed E-state index contributed by atoms with van der Waals surface area (Å²) < 4.78 is 41.4. The van der Waals surface area contributed by atoms with Gasteiger partial charge in [-0.25, -0.2) is 8.42 Å². The Morgan fingerprint density at radius 3 is 2.46 bits per heavy atom. The summed E-state index contributed by atoms with van der Waals surface area (Å²) in [7, 11) is -3.42. The largest absolute Gasteiger partial charge is 0.494 e. The fourth-order valence-corrected chi connectivity index (χ4v) is 5.04. The van der Waals surface area contributed by atoms with Crippen LogP contribution in [0.1, 0.15) is 33.5 Å². The molecule has 214 valence electrons. The van der Waals surface area contributed by atoms with E-state index >= 15 is 0 Å². The molecule has 0 saturated heterocycles. The minimum absolute atomic E-state index is 0.00587. The van der Waals surface area contributed by atoms with Gasteiger partial charge in [0.05, 0.1) is 22.1 Å². The Labute approximate surface area is 249 Å². The second-order valence-corrected chi connectivity index (χ2v) is 12.1. The quantitative estimate of drug-likeness (QED) is 0.0902. The lowest BCUT2D eigenvalue weighted by atomic mass is 9.96. The molecule has 0 bridgehead atoms. The number of carbonyl (C=O) groups is 1. The molecule has 0 aliphatic heterocycles. The van der Waals surface area contributed by atoms with Crippen LogP contribution in [0.4, 0.5) is 0 Å². The van der Waals surface area contributed by atoms with Crippen LogP contribution in [0, 0.1) is 6.92 Å². The maximum atomic E-state index is 11.9. The first kappa shape index (κ1) is 30.4. The van der Waals surface area contributed by atoms with E-state index < -0.39 is 9.84 Å². The van der Waals surface area contributed by atoms with Gasteiger partial charge in [0.15, 0.2) is 16.1 Å². The molecule has 0 radical (unpaired) electrons. The average molecular weight is 615 g/mol. The maximum Gasteiger partial charge on any atom is 0.177 e. The second kappa shape index (κ2) is 13.9. The van der Waals surface area contributed by atoms with Crippen molar-refractivity contribution < 1.29 is 27.4 Å². The molecule has 0 unspecified atom stereocenters. The molecular formula is C31H29Cl2NO6S. The van der Waals surface area contributed by atoms with Crippen LogP contribution in [-0.4, -0.2) is 38.4 Å². The third-order valence-corrected chi connectivity index (χ3v) is 7.95. The molecule has 3 aromatic carbocycles. The van der Waals surface area contributed by atoms with Gasteiger partial charge in [0, 0.05) is 36.2 Å². The summed E-state index contributed by atoms with van der Waals surface area (Å²) in [6.45, 7) is 2.80. The summed E-state index contributed by atoms with van der Waals surface area (Å²) in [6.07, 6.45) is 5.29. The highest BCUT2D eigenvalue weighted by Crippen LogP contribution is 2.34. The van der Waals surface area contributed by atoms with Crippen molar-refractivity contribution in [3.05, 3.63) is 100 Å². The molecule has 10 heteroatoms. The minimum Gasteiger partial charge on any atom is -0.494 e. The van der Waals surface area contributed by atoms with Gasteiger partial charge < -0.3 is 14.2 Å². The number of pyridine rings is 1. The van der Waals surface area contributed by atoms with E-state index in [1.165, 1.54) is 24.5 Å².